The van der Waals surface area contributed by atoms with Crippen molar-refractivity contribution in [3.05, 3.63) is 4.77 Å². The van der Waals surface area contributed by atoms with Crippen molar-refractivity contribution in [2.75, 3.05) is 18.0 Å². The molecular formula is C13H24N4S. The van der Waals surface area contributed by atoms with Crippen LogP contribution in [0.25, 0.3) is 0 Å². The lowest BCUT2D eigenvalue weighted by atomic mass is 9.78. The number of aromatic amines is 1. The lowest BCUT2D eigenvalue weighted by molar-refractivity contribution is 0.236. The monoisotopic (exact) mass is 268 g/mol. The summed E-state index contributed by atoms with van der Waals surface area (Å²) in [5, 5.41) is 7.33. The molecule has 1 N–H and O–H groups in total. The second-order valence-corrected chi connectivity index (χ2v) is 6.33. The van der Waals surface area contributed by atoms with E-state index in [9.17, 15) is 0 Å². The molecule has 1 fully saturated rings. The first-order valence-corrected chi connectivity index (χ1v) is 7.29. The second-order valence-electron chi connectivity index (χ2n) is 5.94. The van der Waals surface area contributed by atoms with Crippen molar-refractivity contribution in [2.45, 2.75) is 53.0 Å². The number of aromatic nitrogens is 3. The maximum absolute atomic E-state index is 5.30. The van der Waals surface area contributed by atoms with E-state index in [2.05, 4.69) is 47.4 Å². The van der Waals surface area contributed by atoms with Crippen LogP contribution in [0, 0.1) is 10.2 Å². The first kappa shape index (κ1) is 13.6. The minimum absolute atomic E-state index is 0.353. The van der Waals surface area contributed by atoms with Gasteiger partial charge in [-0.05, 0) is 44.3 Å². The van der Waals surface area contributed by atoms with Crippen molar-refractivity contribution in [3.8, 4) is 0 Å². The third-order valence-corrected chi connectivity index (χ3v) is 4.60. The van der Waals surface area contributed by atoms with Crippen LogP contribution in [-0.4, -0.2) is 27.9 Å². The Morgan fingerprint density at radius 2 is 2.00 bits per heavy atom. The normalized spacial score (nSPS) is 19.5. The van der Waals surface area contributed by atoms with Crippen LogP contribution in [0.15, 0.2) is 0 Å². The standard InChI is InChI=1S/C13H24N4S/c1-5-13(4)6-8-16(9-7-13)11-14-15-12(18)17(11)10(2)3/h10H,5-9H2,1-4H3,(H,15,18). The van der Waals surface area contributed by atoms with Crippen LogP contribution in [0.2, 0.25) is 0 Å². The Bertz CT molecular complexity index is 452. The van der Waals surface area contributed by atoms with Crippen molar-refractivity contribution in [3.63, 3.8) is 0 Å². The van der Waals surface area contributed by atoms with Gasteiger partial charge in [-0.3, -0.25) is 4.57 Å². The molecule has 4 nitrogen and oxygen atoms in total. The molecule has 2 rings (SSSR count). The molecular weight excluding hydrogens is 244 g/mol. The maximum Gasteiger partial charge on any atom is 0.225 e. The molecule has 0 aliphatic carbocycles. The van der Waals surface area contributed by atoms with E-state index in [0.29, 0.717) is 11.5 Å². The SMILES string of the molecule is CCC1(C)CCN(c2n[nH]c(=S)n2C(C)C)CC1. The second kappa shape index (κ2) is 5.03. The molecule has 1 aliphatic heterocycles. The molecule has 0 spiro atoms. The van der Waals surface area contributed by atoms with Gasteiger partial charge in [0, 0.05) is 19.1 Å². The molecule has 18 heavy (non-hydrogen) atoms. The lowest BCUT2D eigenvalue weighted by Gasteiger charge is -2.39. The Balaban J connectivity index is 2.18. The molecule has 0 saturated carbocycles. The Kier molecular flexibility index (Phi) is 3.80. The van der Waals surface area contributed by atoms with Gasteiger partial charge in [0.25, 0.3) is 0 Å². The zero-order valence-corrected chi connectivity index (χ0v) is 12.7. The van der Waals surface area contributed by atoms with Crippen molar-refractivity contribution >= 4 is 18.2 Å². The molecule has 0 amide bonds. The Hall–Kier alpha value is -0.840. The summed E-state index contributed by atoms with van der Waals surface area (Å²) in [5.74, 6) is 1.01. The van der Waals surface area contributed by atoms with Crippen molar-refractivity contribution in [1.82, 2.24) is 14.8 Å². The van der Waals surface area contributed by atoms with Crippen LogP contribution in [0.3, 0.4) is 0 Å². The molecule has 0 radical (unpaired) electrons. The molecule has 1 aromatic rings. The average molecular weight is 268 g/mol. The highest BCUT2D eigenvalue weighted by molar-refractivity contribution is 7.71. The Morgan fingerprint density at radius 3 is 2.50 bits per heavy atom. The third kappa shape index (κ3) is 2.46. The first-order valence-electron chi connectivity index (χ1n) is 6.89. The van der Waals surface area contributed by atoms with E-state index in [1.807, 2.05) is 0 Å². The van der Waals surface area contributed by atoms with E-state index in [0.717, 1.165) is 23.8 Å². The molecule has 1 saturated heterocycles. The van der Waals surface area contributed by atoms with Crippen molar-refractivity contribution in [2.24, 2.45) is 5.41 Å². The number of piperidine rings is 1. The van der Waals surface area contributed by atoms with Gasteiger partial charge in [0.1, 0.15) is 0 Å². The van der Waals surface area contributed by atoms with E-state index in [4.69, 9.17) is 12.2 Å². The number of hydrogen-bond donors (Lipinski definition) is 1. The zero-order chi connectivity index (χ0) is 13.3. The summed E-state index contributed by atoms with van der Waals surface area (Å²) >= 11 is 5.30. The van der Waals surface area contributed by atoms with Gasteiger partial charge in [0.15, 0.2) is 4.77 Å². The Morgan fingerprint density at radius 1 is 1.39 bits per heavy atom. The minimum atomic E-state index is 0.353. The molecule has 0 unspecified atom stereocenters. The van der Waals surface area contributed by atoms with Gasteiger partial charge in [-0.2, -0.15) is 0 Å². The van der Waals surface area contributed by atoms with Gasteiger partial charge in [-0.15, -0.1) is 5.10 Å². The van der Waals surface area contributed by atoms with Gasteiger partial charge < -0.3 is 4.90 Å². The summed E-state index contributed by atoms with van der Waals surface area (Å²) in [6.07, 6.45) is 3.74. The molecule has 1 aromatic heterocycles. The van der Waals surface area contributed by atoms with Crippen LogP contribution in [0.4, 0.5) is 5.95 Å². The fourth-order valence-electron chi connectivity index (χ4n) is 2.59. The summed E-state index contributed by atoms with van der Waals surface area (Å²) in [6.45, 7) is 11.1. The summed E-state index contributed by atoms with van der Waals surface area (Å²) in [7, 11) is 0. The predicted molar refractivity (Wildman–Crippen MR) is 77.6 cm³/mol. The fraction of sp³-hybridized carbons (Fsp3) is 0.846. The molecule has 0 atom stereocenters. The quantitative estimate of drug-likeness (QED) is 0.852. The van der Waals surface area contributed by atoms with Gasteiger partial charge in [0.2, 0.25) is 5.95 Å². The van der Waals surface area contributed by atoms with E-state index >= 15 is 0 Å². The molecule has 1 aliphatic rings. The molecule has 0 bridgehead atoms. The van der Waals surface area contributed by atoms with Gasteiger partial charge in [-0.1, -0.05) is 20.3 Å². The topological polar surface area (TPSA) is 36.9 Å². The van der Waals surface area contributed by atoms with Crippen molar-refractivity contribution < 1.29 is 0 Å². The number of nitrogens with one attached hydrogen (secondary N) is 1. The van der Waals surface area contributed by atoms with E-state index in [1.165, 1.54) is 19.3 Å². The average Bonchev–Trinajstić information content (AvgIpc) is 2.72. The number of anilines is 1. The molecule has 5 heteroatoms. The van der Waals surface area contributed by atoms with E-state index < -0.39 is 0 Å². The number of nitrogens with zero attached hydrogens (tertiary/aromatic N) is 3. The summed E-state index contributed by atoms with van der Waals surface area (Å²) in [4.78, 5) is 2.36. The molecule has 102 valence electrons. The summed E-state index contributed by atoms with van der Waals surface area (Å²) in [5.41, 5.74) is 0.506. The Labute approximate surface area is 114 Å². The number of hydrogen-bond acceptors (Lipinski definition) is 3. The third-order valence-electron chi connectivity index (χ3n) is 4.31. The largest absolute Gasteiger partial charge is 0.341 e. The van der Waals surface area contributed by atoms with Crippen LogP contribution in [0.1, 0.15) is 53.0 Å². The molecule has 2 heterocycles. The van der Waals surface area contributed by atoms with E-state index in [-0.39, 0.29) is 0 Å². The maximum atomic E-state index is 5.30. The van der Waals surface area contributed by atoms with Crippen LogP contribution >= 0.6 is 12.2 Å². The van der Waals surface area contributed by atoms with Gasteiger partial charge in [0.05, 0.1) is 0 Å². The predicted octanol–water partition coefficient (Wildman–Crippen LogP) is 3.54. The van der Waals surface area contributed by atoms with Crippen LogP contribution in [-0.2, 0) is 0 Å². The number of H-pyrrole nitrogens is 1. The first-order chi connectivity index (χ1) is 8.47. The van der Waals surface area contributed by atoms with Gasteiger partial charge >= 0.3 is 0 Å². The number of rotatable bonds is 3. The fourth-order valence-corrected chi connectivity index (χ4v) is 2.92. The minimum Gasteiger partial charge on any atom is -0.341 e. The highest BCUT2D eigenvalue weighted by Gasteiger charge is 2.30. The lowest BCUT2D eigenvalue weighted by Crippen LogP contribution is -2.39. The van der Waals surface area contributed by atoms with E-state index in [1.54, 1.807) is 0 Å². The highest BCUT2D eigenvalue weighted by atomic mass is 32.1. The summed E-state index contributed by atoms with van der Waals surface area (Å²) < 4.78 is 2.84. The zero-order valence-electron chi connectivity index (χ0n) is 11.9. The van der Waals surface area contributed by atoms with Crippen LogP contribution in [0.5, 0.6) is 0 Å². The van der Waals surface area contributed by atoms with Crippen LogP contribution < -0.4 is 4.90 Å². The smallest absolute Gasteiger partial charge is 0.225 e. The van der Waals surface area contributed by atoms with Crippen molar-refractivity contribution in [1.29, 1.82) is 0 Å². The highest BCUT2D eigenvalue weighted by Crippen LogP contribution is 2.35. The summed E-state index contributed by atoms with van der Waals surface area (Å²) in [6, 6.07) is 0.353. The van der Waals surface area contributed by atoms with Gasteiger partial charge in [-0.25, -0.2) is 5.10 Å². The molecule has 0 aromatic carbocycles.